The first-order valence-corrected chi connectivity index (χ1v) is 8.12. The maximum Gasteiger partial charge on any atom is 0.313 e. The molecule has 0 bridgehead atoms. The summed E-state index contributed by atoms with van der Waals surface area (Å²) in [6.45, 7) is 0.480. The van der Waals surface area contributed by atoms with E-state index in [1.54, 1.807) is 0 Å². The molecule has 2 unspecified atom stereocenters. The van der Waals surface area contributed by atoms with E-state index in [0.29, 0.717) is 19.4 Å². The molecule has 0 heterocycles. The van der Waals surface area contributed by atoms with Crippen LogP contribution in [-0.4, -0.2) is 24.2 Å². The van der Waals surface area contributed by atoms with Gasteiger partial charge in [-0.1, -0.05) is 42.5 Å². The third-order valence-corrected chi connectivity index (χ3v) is 4.66. The van der Waals surface area contributed by atoms with Crippen LogP contribution in [0.25, 0.3) is 0 Å². The number of carbonyl (C=O) groups excluding carboxylic acids is 1. The number of esters is 1. The molecule has 25 heavy (non-hydrogen) atoms. The minimum absolute atomic E-state index is 0.321. The number of hydrogen-bond acceptors (Lipinski definition) is 4. The zero-order chi connectivity index (χ0) is 17.9. The van der Waals surface area contributed by atoms with Crippen LogP contribution in [0.15, 0.2) is 54.6 Å². The van der Waals surface area contributed by atoms with E-state index in [9.17, 15) is 14.7 Å². The van der Waals surface area contributed by atoms with Crippen LogP contribution >= 0.6 is 0 Å². The molecule has 0 spiro atoms. The van der Waals surface area contributed by atoms with E-state index in [1.807, 2.05) is 54.6 Å². The van der Waals surface area contributed by atoms with E-state index in [2.05, 4.69) is 0 Å². The number of hydrogen-bond donors (Lipinski definition) is 1. The molecule has 0 amide bonds. The molecule has 0 saturated heterocycles. The van der Waals surface area contributed by atoms with Crippen LogP contribution in [0.2, 0.25) is 0 Å². The normalized spacial score (nSPS) is 21.4. The van der Waals surface area contributed by atoms with Crippen molar-refractivity contribution in [1.29, 1.82) is 0 Å². The second kappa shape index (κ2) is 6.97. The maximum atomic E-state index is 12.0. The summed E-state index contributed by atoms with van der Waals surface area (Å²) in [5, 5.41) is 9.21. The van der Waals surface area contributed by atoms with Crippen molar-refractivity contribution in [1.82, 2.24) is 0 Å². The van der Waals surface area contributed by atoms with Crippen LogP contribution < -0.4 is 4.74 Å². The minimum Gasteiger partial charge on any atom is -0.489 e. The molecular formula is C20H20O5. The Morgan fingerprint density at radius 2 is 1.76 bits per heavy atom. The lowest BCUT2D eigenvalue weighted by Gasteiger charge is -2.14. The molecule has 2 atom stereocenters. The highest BCUT2D eigenvalue weighted by molar-refractivity contribution is 5.90. The largest absolute Gasteiger partial charge is 0.489 e. The lowest BCUT2D eigenvalue weighted by Crippen LogP contribution is -2.25. The number of ether oxygens (including phenoxy) is 2. The molecule has 5 nitrogen and oxygen atoms in total. The first-order chi connectivity index (χ1) is 12.0. The fourth-order valence-corrected chi connectivity index (χ4v) is 3.13. The van der Waals surface area contributed by atoms with Crippen LogP contribution in [-0.2, 0) is 27.4 Å². The van der Waals surface area contributed by atoms with Crippen LogP contribution in [0.3, 0.4) is 0 Å². The van der Waals surface area contributed by atoms with Crippen LogP contribution in [0, 0.1) is 11.3 Å². The fraction of sp³-hybridized carbons (Fsp3) is 0.300. The summed E-state index contributed by atoms with van der Waals surface area (Å²) in [5.74, 6) is -1.35. The van der Waals surface area contributed by atoms with Crippen molar-refractivity contribution in [3.05, 3.63) is 65.7 Å². The topological polar surface area (TPSA) is 72.8 Å². The van der Waals surface area contributed by atoms with E-state index in [4.69, 9.17) is 9.47 Å². The number of carboxylic acids is 1. The quantitative estimate of drug-likeness (QED) is 0.784. The predicted molar refractivity (Wildman–Crippen MR) is 91.1 cm³/mol. The molecule has 1 N–H and O–H groups in total. The molecule has 0 aliphatic heterocycles. The summed E-state index contributed by atoms with van der Waals surface area (Å²) in [5.41, 5.74) is 1.03. The second-order valence-corrected chi connectivity index (χ2v) is 6.34. The second-order valence-electron chi connectivity index (χ2n) is 6.34. The number of rotatable bonds is 7. The Hall–Kier alpha value is -2.82. The third-order valence-electron chi connectivity index (χ3n) is 4.66. The van der Waals surface area contributed by atoms with Crippen LogP contribution in [0.5, 0.6) is 5.75 Å². The highest BCUT2D eigenvalue weighted by Crippen LogP contribution is 2.55. The van der Waals surface area contributed by atoms with Gasteiger partial charge in [-0.25, -0.2) is 0 Å². The molecule has 130 valence electrons. The van der Waals surface area contributed by atoms with Crippen LogP contribution in [0.4, 0.5) is 0 Å². The van der Waals surface area contributed by atoms with E-state index >= 15 is 0 Å². The zero-order valence-electron chi connectivity index (χ0n) is 14.0. The van der Waals surface area contributed by atoms with E-state index in [0.717, 1.165) is 16.9 Å². The Morgan fingerprint density at radius 1 is 1.08 bits per heavy atom. The van der Waals surface area contributed by atoms with Gasteiger partial charge in [-0.05, 0) is 36.1 Å². The summed E-state index contributed by atoms with van der Waals surface area (Å²) in [4.78, 5) is 23.3. The summed E-state index contributed by atoms with van der Waals surface area (Å²) in [6.07, 6.45) is 0.677. The standard InChI is InChI=1S/C20H20O5/c1-24-19(23)20(12-17(20)18(21)22)11-14-7-9-16(10-8-14)25-13-15-5-3-2-4-6-15/h2-10,17H,11-13H2,1H3,(H,21,22). The highest BCUT2D eigenvalue weighted by atomic mass is 16.5. The Balaban J connectivity index is 1.64. The molecular weight excluding hydrogens is 320 g/mol. The molecule has 1 aliphatic rings. The van der Waals surface area contributed by atoms with Gasteiger partial charge in [0.25, 0.3) is 0 Å². The van der Waals surface area contributed by atoms with Gasteiger partial charge in [0, 0.05) is 0 Å². The molecule has 1 aliphatic carbocycles. The molecule has 2 aromatic rings. The van der Waals surface area contributed by atoms with Gasteiger partial charge in [0.1, 0.15) is 12.4 Å². The molecule has 0 radical (unpaired) electrons. The van der Waals surface area contributed by atoms with Gasteiger partial charge in [0.15, 0.2) is 0 Å². The van der Waals surface area contributed by atoms with Crippen molar-refractivity contribution < 1.29 is 24.2 Å². The number of methoxy groups -OCH3 is 1. The van der Waals surface area contributed by atoms with Crippen molar-refractivity contribution in [2.24, 2.45) is 11.3 Å². The Kier molecular flexibility index (Phi) is 4.74. The van der Waals surface area contributed by atoms with Gasteiger partial charge in [-0.2, -0.15) is 0 Å². The van der Waals surface area contributed by atoms with Crippen molar-refractivity contribution >= 4 is 11.9 Å². The summed E-state index contributed by atoms with van der Waals surface area (Å²) in [7, 11) is 1.29. The molecule has 2 aromatic carbocycles. The molecule has 5 heteroatoms. The highest BCUT2D eigenvalue weighted by Gasteiger charge is 2.64. The van der Waals surface area contributed by atoms with Gasteiger partial charge in [0.05, 0.1) is 18.4 Å². The lowest BCUT2D eigenvalue weighted by atomic mass is 9.94. The lowest BCUT2D eigenvalue weighted by molar-refractivity contribution is -0.151. The van der Waals surface area contributed by atoms with E-state index in [-0.39, 0.29) is 0 Å². The Bertz CT molecular complexity index is 753. The first kappa shape index (κ1) is 17.0. The zero-order valence-corrected chi connectivity index (χ0v) is 14.0. The van der Waals surface area contributed by atoms with Crippen LogP contribution in [0.1, 0.15) is 17.5 Å². The SMILES string of the molecule is COC(=O)C1(Cc2ccc(OCc3ccccc3)cc2)CC1C(=O)O. The number of carboxylic acid groups (broad SMARTS) is 1. The van der Waals surface area contributed by atoms with Gasteiger partial charge < -0.3 is 14.6 Å². The summed E-state index contributed by atoms with van der Waals surface area (Å²) in [6, 6.07) is 17.3. The summed E-state index contributed by atoms with van der Waals surface area (Å²) < 4.78 is 10.5. The molecule has 0 aromatic heterocycles. The first-order valence-electron chi connectivity index (χ1n) is 8.12. The molecule has 1 saturated carbocycles. The number of benzene rings is 2. The summed E-state index contributed by atoms with van der Waals surface area (Å²) >= 11 is 0. The van der Waals surface area contributed by atoms with E-state index in [1.165, 1.54) is 7.11 Å². The fourth-order valence-electron chi connectivity index (χ4n) is 3.13. The van der Waals surface area contributed by atoms with Crippen molar-refractivity contribution in [2.75, 3.05) is 7.11 Å². The predicted octanol–water partition coefficient (Wildman–Crippen LogP) is 3.07. The average molecular weight is 340 g/mol. The molecule has 1 fully saturated rings. The van der Waals surface area contributed by atoms with Crippen molar-refractivity contribution in [3.63, 3.8) is 0 Å². The van der Waals surface area contributed by atoms with Crippen molar-refractivity contribution in [3.8, 4) is 5.75 Å². The van der Waals surface area contributed by atoms with Gasteiger partial charge in [-0.15, -0.1) is 0 Å². The van der Waals surface area contributed by atoms with Gasteiger partial charge in [-0.3, -0.25) is 9.59 Å². The molecule has 3 rings (SSSR count). The Labute approximate surface area is 146 Å². The third kappa shape index (κ3) is 3.65. The number of aliphatic carboxylic acids is 1. The monoisotopic (exact) mass is 340 g/mol. The van der Waals surface area contributed by atoms with Gasteiger partial charge in [0.2, 0.25) is 0 Å². The van der Waals surface area contributed by atoms with Crippen molar-refractivity contribution in [2.45, 2.75) is 19.4 Å². The smallest absolute Gasteiger partial charge is 0.313 e. The average Bonchev–Trinajstić information content (AvgIpc) is 3.37. The maximum absolute atomic E-state index is 12.0. The minimum atomic E-state index is -0.951. The Morgan fingerprint density at radius 3 is 2.32 bits per heavy atom. The van der Waals surface area contributed by atoms with Gasteiger partial charge >= 0.3 is 11.9 Å². The van der Waals surface area contributed by atoms with E-state index < -0.39 is 23.3 Å². The number of carbonyl (C=O) groups is 2.